The maximum atomic E-state index is 12.7. The Morgan fingerprint density at radius 2 is 1.27 bits per heavy atom. The topological polar surface area (TPSA) is 315 Å². The molecule has 2 aromatic rings. The number of carboxylic acids is 1. The number of carboxylic acid groups (broad SMARTS) is 1. The zero-order valence-corrected chi connectivity index (χ0v) is 34.2. The first-order valence-electron chi connectivity index (χ1n) is 16.6. The molecule has 0 spiro atoms. The Bertz CT molecular complexity index is 2610. The summed E-state index contributed by atoms with van der Waals surface area (Å²) >= 11 is 0. The number of anilines is 1. The normalized spacial score (nSPS) is 19.6. The fraction of sp³-hybridized carbons (Fsp3) is 0.438. The molecule has 0 saturated heterocycles. The molecule has 0 bridgehead atoms. The van der Waals surface area contributed by atoms with Crippen LogP contribution in [0, 0.1) is 0 Å². The van der Waals surface area contributed by atoms with E-state index in [1.54, 1.807) is 6.92 Å². The molecule has 2 heterocycles. The molecule has 6 N–H and O–H groups in total. The highest BCUT2D eigenvalue weighted by atomic mass is 32.2. The van der Waals surface area contributed by atoms with Gasteiger partial charge in [-0.25, -0.2) is 0 Å². The third-order valence-electron chi connectivity index (χ3n) is 9.61. The van der Waals surface area contributed by atoms with Crippen molar-refractivity contribution in [3.63, 3.8) is 0 Å². The average molecular weight is 886 g/mol. The van der Waals surface area contributed by atoms with E-state index in [-0.39, 0.29) is 73.4 Å². The SMILES string of the molecule is CC1(C)C(/C=C/C=C2/N(CCCS(=O)(=O)O)c3cccc(S(=O)(=O)O)c3C2(C)CCCC(=O)O)=[N+](CCCS(=O)(=O)O)c2c(S(=O)(=O)O)ccc(S(=O)(=O)O)c21. The molecular weight excluding hydrogens is 845 g/mol. The lowest BCUT2D eigenvalue weighted by atomic mass is 9.77. The molecule has 2 aromatic carbocycles. The summed E-state index contributed by atoms with van der Waals surface area (Å²) in [5.74, 6) is -2.68. The van der Waals surface area contributed by atoms with Crippen LogP contribution >= 0.6 is 0 Å². The highest BCUT2D eigenvalue weighted by Crippen LogP contribution is 2.53. The van der Waals surface area contributed by atoms with E-state index in [2.05, 4.69) is 0 Å². The fourth-order valence-corrected chi connectivity index (χ4v) is 10.8. The lowest BCUT2D eigenvalue weighted by Crippen LogP contribution is -2.31. The van der Waals surface area contributed by atoms with E-state index in [1.807, 2.05) is 0 Å². The van der Waals surface area contributed by atoms with Gasteiger partial charge in [0.2, 0.25) is 5.69 Å². The average Bonchev–Trinajstić information content (AvgIpc) is 3.38. The lowest BCUT2D eigenvalue weighted by molar-refractivity contribution is -0.440. The van der Waals surface area contributed by atoms with E-state index in [0.717, 1.165) is 18.2 Å². The van der Waals surface area contributed by atoms with Crippen molar-refractivity contribution in [1.29, 1.82) is 0 Å². The summed E-state index contributed by atoms with van der Waals surface area (Å²) in [5.41, 5.74) is -3.03. The van der Waals surface area contributed by atoms with Gasteiger partial charge in [0, 0.05) is 47.8 Å². The number of hydrogen-bond donors (Lipinski definition) is 6. The van der Waals surface area contributed by atoms with Crippen LogP contribution in [0.15, 0.2) is 68.9 Å². The highest BCUT2D eigenvalue weighted by Gasteiger charge is 2.51. The van der Waals surface area contributed by atoms with Crippen LogP contribution in [0.5, 0.6) is 0 Å². The second-order valence-corrected chi connectivity index (χ2v) is 21.3. The number of aliphatic carboxylic acids is 1. The number of hydrogen-bond acceptors (Lipinski definition) is 12. The van der Waals surface area contributed by atoms with Gasteiger partial charge in [0.25, 0.3) is 40.5 Å². The quantitative estimate of drug-likeness (QED) is 0.0982. The predicted octanol–water partition coefficient (Wildman–Crippen LogP) is 2.83. The molecule has 0 saturated carbocycles. The summed E-state index contributed by atoms with van der Waals surface area (Å²) in [6.07, 6.45) is 3.24. The number of allylic oxidation sites excluding steroid dienone is 4. The Hall–Kier alpha value is -3.59. The summed E-state index contributed by atoms with van der Waals surface area (Å²) < 4.78 is 173. The van der Waals surface area contributed by atoms with E-state index in [4.69, 9.17) is 0 Å². The third kappa shape index (κ3) is 9.74. The van der Waals surface area contributed by atoms with Crippen molar-refractivity contribution >= 4 is 73.6 Å². The smallest absolute Gasteiger partial charge is 0.303 e. The van der Waals surface area contributed by atoms with Crippen molar-refractivity contribution in [2.75, 3.05) is 29.5 Å². The Morgan fingerprint density at radius 3 is 1.80 bits per heavy atom. The van der Waals surface area contributed by atoms with Crippen LogP contribution in [0.25, 0.3) is 0 Å². The zero-order chi connectivity index (χ0) is 42.4. The first-order valence-corrected chi connectivity index (χ1v) is 24.1. The van der Waals surface area contributed by atoms with E-state index >= 15 is 0 Å². The maximum Gasteiger partial charge on any atom is 0.303 e. The van der Waals surface area contributed by atoms with Gasteiger partial charge < -0.3 is 10.0 Å². The molecule has 19 nitrogen and oxygen atoms in total. The Balaban J connectivity index is 2.04. The van der Waals surface area contributed by atoms with Crippen LogP contribution in [-0.4, -0.2) is 111 Å². The summed E-state index contributed by atoms with van der Waals surface area (Å²) in [6, 6.07) is 5.48. The predicted molar refractivity (Wildman–Crippen MR) is 201 cm³/mol. The van der Waals surface area contributed by atoms with Crippen molar-refractivity contribution in [3.05, 3.63) is 65.4 Å². The van der Waals surface area contributed by atoms with E-state index in [1.165, 1.54) is 53.7 Å². The van der Waals surface area contributed by atoms with Gasteiger partial charge in [0.05, 0.1) is 22.5 Å². The van der Waals surface area contributed by atoms with Crippen LogP contribution in [0.3, 0.4) is 0 Å². The standard InChI is InChI=1S/C32H40N2O17S5/c1-31(2)25(34(18-8-20-53(40,41)42)30-24(56(49,50)51)15-14-23(29(30)31)55(46,47)48)11-5-12-26-32(3,16-6-13-27(35)36)28-21(9-4-10-22(28)54(43,44)45)33(26)17-7-19-52(37,38)39/h4-5,9-12,14-15H,6-8,13,16-20H2,1-3H3,(H5-,35,36,37,38,39,40,41,42,43,44,45,46,47,48,49,50,51)/p+1. The second-order valence-electron chi connectivity index (χ2n) is 13.9. The number of benzene rings is 2. The van der Waals surface area contributed by atoms with Gasteiger partial charge in [-0.1, -0.05) is 12.1 Å². The van der Waals surface area contributed by atoms with Crippen molar-refractivity contribution in [3.8, 4) is 0 Å². The Morgan fingerprint density at radius 1 is 0.732 bits per heavy atom. The van der Waals surface area contributed by atoms with Gasteiger partial charge in [-0.2, -0.15) is 46.7 Å². The van der Waals surface area contributed by atoms with Crippen molar-refractivity contribution in [2.24, 2.45) is 0 Å². The highest BCUT2D eigenvalue weighted by molar-refractivity contribution is 7.87. The van der Waals surface area contributed by atoms with Crippen molar-refractivity contribution < 1.29 is 79.3 Å². The number of rotatable bonds is 17. The van der Waals surface area contributed by atoms with Crippen LogP contribution in [-0.2, 0) is 66.2 Å². The first kappa shape index (κ1) is 45.1. The molecule has 2 aliphatic rings. The van der Waals surface area contributed by atoms with Crippen LogP contribution < -0.4 is 4.90 Å². The molecule has 1 atom stereocenters. The molecule has 0 aliphatic carbocycles. The minimum absolute atomic E-state index is 0.0108. The maximum absolute atomic E-state index is 12.7. The van der Waals surface area contributed by atoms with E-state index in [0.29, 0.717) is 0 Å². The monoisotopic (exact) mass is 885 g/mol. The Kier molecular flexibility index (Phi) is 12.6. The van der Waals surface area contributed by atoms with Gasteiger partial charge >= 0.3 is 16.1 Å². The van der Waals surface area contributed by atoms with Gasteiger partial charge in [-0.3, -0.25) is 27.6 Å². The summed E-state index contributed by atoms with van der Waals surface area (Å²) in [7, 11) is -24.1. The van der Waals surface area contributed by atoms with Gasteiger partial charge in [0.1, 0.15) is 16.3 Å². The van der Waals surface area contributed by atoms with E-state index in [9.17, 15) is 74.8 Å². The number of nitrogens with zero attached hydrogens (tertiary/aromatic N) is 2. The molecule has 56 heavy (non-hydrogen) atoms. The van der Waals surface area contributed by atoms with E-state index < -0.39 is 99.3 Å². The van der Waals surface area contributed by atoms with Crippen LogP contribution in [0.2, 0.25) is 0 Å². The molecular formula is C32H41N2O17S5+. The van der Waals surface area contributed by atoms with Crippen LogP contribution in [0.1, 0.15) is 64.0 Å². The zero-order valence-electron chi connectivity index (χ0n) is 30.1. The molecule has 24 heteroatoms. The minimum Gasteiger partial charge on any atom is -0.481 e. The Labute approximate surface area is 324 Å². The van der Waals surface area contributed by atoms with Gasteiger partial charge in [0.15, 0.2) is 10.6 Å². The summed E-state index contributed by atoms with van der Waals surface area (Å²) in [5, 5.41) is 9.40. The largest absolute Gasteiger partial charge is 0.481 e. The fourth-order valence-electron chi connectivity index (χ4n) is 7.44. The second kappa shape index (κ2) is 15.6. The minimum atomic E-state index is -5.10. The molecule has 310 valence electrons. The van der Waals surface area contributed by atoms with Gasteiger partial charge in [-0.15, -0.1) is 0 Å². The van der Waals surface area contributed by atoms with Crippen molar-refractivity contribution in [2.45, 2.75) is 78.4 Å². The van der Waals surface area contributed by atoms with Crippen molar-refractivity contribution in [1.82, 2.24) is 0 Å². The lowest BCUT2D eigenvalue weighted by Gasteiger charge is -2.31. The number of fused-ring (bicyclic) bond motifs is 2. The molecule has 4 rings (SSSR count). The van der Waals surface area contributed by atoms with Crippen LogP contribution in [0.4, 0.5) is 11.4 Å². The summed E-state index contributed by atoms with van der Waals surface area (Å²) in [4.78, 5) is 11.0. The molecule has 0 aromatic heterocycles. The molecule has 0 fully saturated rings. The number of carbonyl (C=O) groups is 1. The third-order valence-corrected chi connectivity index (χ3v) is 13.9. The van der Waals surface area contributed by atoms with Gasteiger partial charge in [-0.05, 0) is 70.4 Å². The summed E-state index contributed by atoms with van der Waals surface area (Å²) in [6.45, 7) is 3.94. The molecule has 1 unspecified atom stereocenters. The molecule has 0 radical (unpaired) electrons. The molecule has 2 aliphatic heterocycles. The molecule has 0 amide bonds. The first-order chi connectivity index (χ1) is 25.4.